The van der Waals surface area contributed by atoms with Crippen molar-refractivity contribution in [3.8, 4) is 0 Å². The third kappa shape index (κ3) is 6.06. The van der Waals surface area contributed by atoms with Crippen molar-refractivity contribution in [2.24, 2.45) is 0 Å². The number of hydrogen-bond acceptors (Lipinski definition) is 3. The van der Waals surface area contributed by atoms with E-state index in [-0.39, 0.29) is 29.8 Å². The Morgan fingerprint density at radius 2 is 1.85 bits per heavy atom. The molecule has 5 nitrogen and oxygen atoms in total. The lowest BCUT2D eigenvalue weighted by molar-refractivity contribution is -0.121. The van der Waals surface area contributed by atoms with Crippen molar-refractivity contribution in [1.29, 1.82) is 0 Å². The predicted molar refractivity (Wildman–Crippen MR) is 108 cm³/mol. The van der Waals surface area contributed by atoms with Crippen LogP contribution >= 0.6 is 11.6 Å². The summed E-state index contributed by atoms with van der Waals surface area (Å²) < 4.78 is 27.2. The number of amides is 1. The van der Waals surface area contributed by atoms with E-state index in [2.05, 4.69) is 10.0 Å². The van der Waals surface area contributed by atoms with Crippen LogP contribution in [0.5, 0.6) is 0 Å². The molecule has 0 spiro atoms. The van der Waals surface area contributed by atoms with Crippen LogP contribution in [0.25, 0.3) is 0 Å². The lowest BCUT2D eigenvalue weighted by Gasteiger charge is -2.18. The number of sulfonamides is 1. The molecule has 0 aliphatic heterocycles. The van der Waals surface area contributed by atoms with Gasteiger partial charge >= 0.3 is 0 Å². The Kier molecular flexibility index (Phi) is 7.41. The van der Waals surface area contributed by atoms with Crippen LogP contribution in [0.3, 0.4) is 0 Å². The summed E-state index contributed by atoms with van der Waals surface area (Å²) in [5, 5.41) is 3.53. The molecule has 1 unspecified atom stereocenters. The van der Waals surface area contributed by atoms with E-state index < -0.39 is 10.0 Å². The molecule has 0 aliphatic carbocycles. The average molecular weight is 409 g/mol. The van der Waals surface area contributed by atoms with Gasteiger partial charge in [-0.1, -0.05) is 36.7 Å². The fourth-order valence-electron chi connectivity index (χ4n) is 2.67. The number of hydrogen-bond donors (Lipinski definition) is 2. The minimum atomic E-state index is -3.63. The third-order valence-corrected chi connectivity index (χ3v) is 6.12. The molecule has 7 heteroatoms. The first-order valence-corrected chi connectivity index (χ1v) is 10.7. The van der Waals surface area contributed by atoms with Gasteiger partial charge in [-0.3, -0.25) is 4.79 Å². The van der Waals surface area contributed by atoms with Gasteiger partial charge in [0, 0.05) is 18.0 Å². The zero-order valence-electron chi connectivity index (χ0n) is 15.8. The largest absolute Gasteiger partial charge is 0.349 e. The lowest BCUT2D eigenvalue weighted by Crippen LogP contribution is -2.32. The Labute approximate surface area is 166 Å². The van der Waals surface area contributed by atoms with Crippen molar-refractivity contribution in [2.75, 3.05) is 6.54 Å². The summed E-state index contributed by atoms with van der Waals surface area (Å²) in [6, 6.07) is 12.1. The molecule has 2 aromatic carbocycles. The standard InChI is InChI=1S/C20H25ClN2O3S/c1-4-19(16-6-5-7-17(21)13-16)23-20(24)10-11-22-27(25,26)18-9-8-14(2)15(3)12-18/h5-9,12-13,19,22H,4,10-11H2,1-3H3,(H,23,24). The lowest BCUT2D eigenvalue weighted by atomic mass is 10.0. The van der Waals surface area contributed by atoms with Gasteiger partial charge in [-0.25, -0.2) is 13.1 Å². The van der Waals surface area contributed by atoms with Gasteiger partial charge in [-0.2, -0.15) is 0 Å². The van der Waals surface area contributed by atoms with Crippen molar-refractivity contribution in [3.63, 3.8) is 0 Å². The van der Waals surface area contributed by atoms with Crippen molar-refractivity contribution in [3.05, 3.63) is 64.2 Å². The summed E-state index contributed by atoms with van der Waals surface area (Å²) in [4.78, 5) is 12.4. The fraction of sp³-hybridized carbons (Fsp3) is 0.350. The van der Waals surface area contributed by atoms with E-state index in [9.17, 15) is 13.2 Å². The van der Waals surface area contributed by atoms with Crippen LogP contribution in [0.4, 0.5) is 0 Å². The molecular weight excluding hydrogens is 384 g/mol. The van der Waals surface area contributed by atoms with Gasteiger partial charge in [-0.15, -0.1) is 0 Å². The highest BCUT2D eigenvalue weighted by atomic mass is 35.5. The second kappa shape index (κ2) is 9.35. The summed E-state index contributed by atoms with van der Waals surface area (Å²) in [7, 11) is -3.63. The molecule has 2 rings (SSSR count). The molecule has 1 atom stereocenters. The molecule has 146 valence electrons. The summed E-state index contributed by atoms with van der Waals surface area (Å²) in [5.74, 6) is -0.218. The number of halogens is 1. The van der Waals surface area contributed by atoms with Crippen molar-refractivity contribution in [2.45, 2.75) is 44.6 Å². The molecule has 0 saturated carbocycles. The van der Waals surface area contributed by atoms with Gasteiger partial charge in [-0.05, 0) is 61.2 Å². The summed E-state index contributed by atoms with van der Waals surface area (Å²) in [6.07, 6.45) is 0.765. The van der Waals surface area contributed by atoms with E-state index in [4.69, 9.17) is 11.6 Å². The SMILES string of the molecule is CCC(NC(=O)CCNS(=O)(=O)c1ccc(C)c(C)c1)c1cccc(Cl)c1. The normalized spacial score (nSPS) is 12.6. The van der Waals surface area contributed by atoms with Crippen LogP contribution in [-0.2, 0) is 14.8 Å². The van der Waals surface area contributed by atoms with E-state index >= 15 is 0 Å². The maximum absolute atomic E-state index is 12.4. The summed E-state index contributed by atoms with van der Waals surface area (Å²) in [5.41, 5.74) is 2.86. The second-order valence-corrected chi connectivity index (χ2v) is 8.68. The fourth-order valence-corrected chi connectivity index (χ4v) is 3.99. The zero-order valence-corrected chi connectivity index (χ0v) is 17.3. The second-order valence-electron chi connectivity index (χ2n) is 6.48. The molecule has 2 aromatic rings. The number of aryl methyl sites for hydroxylation is 2. The molecule has 0 aliphatic rings. The first-order valence-electron chi connectivity index (χ1n) is 8.84. The van der Waals surface area contributed by atoms with Gasteiger partial charge in [0.1, 0.15) is 0 Å². The highest BCUT2D eigenvalue weighted by molar-refractivity contribution is 7.89. The average Bonchev–Trinajstić information content (AvgIpc) is 2.61. The third-order valence-electron chi connectivity index (χ3n) is 4.43. The molecule has 2 N–H and O–H groups in total. The van der Waals surface area contributed by atoms with Crippen LogP contribution in [-0.4, -0.2) is 20.9 Å². The number of nitrogens with one attached hydrogen (secondary N) is 2. The monoisotopic (exact) mass is 408 g/mol. The minimum Gasteiger partial charge on any atom is -0.349 e. The zero-order chi connectivity index (χ0) is 20.0. The summed E-state index contributed by atoms with van der Waals surface area (Å²) in [6.45, 7) is 5.79. The molecule has 0 saturated heterocycles. The number of carbonyl (C=O) groups excluding carboxylic acids is 1. The molecular formula is C20H25ClN2O3S. The Bertz CT molecular complexity index is 913. The van der Waals surface area contributed by atoms with E-state index in [0.29, 0.717) is 11.4 Å². The van der Waals surface area contributed by atoms with Crippen LogP contribution in [0.2, 0.25) is 5.02 Å². The minimum absolute atomic E-state index is 0.0348. The van der Waals surface area contributed by atoms with E-state index in [0.717, 1.165) is 16.7 Å². The Balaban J connectivity index is 1.92. The maximum atomic E-state index is 12.4. The number of rotatable bonds is 8. The van der Waals surface area contributed by atoms with E-state index in [1.165, 1.54) is 0 Å². The van der Waals surface area contributed by atoms with Gasteiger partial charge < -0.3 is 5.32 Å². The summed E-state index contributed by atoms with van der Waals surface area (Å²) >= 11 is 6.01. The topological polar surface area (TPSA) is 75.3 Å². The molecule has 27 heavy (non-hydrogen) atoms. The van der Waals surface area contributed by atoms with E-state index in [1.807, 2.05) is 39.0 Å². The quantitative estimate of drug-likeness (QED) is 0.695. The van der Waals surface area contributed by atoms with Crippen molar-refractivity contribution in [1.82, 2.24) is 10.0 Å². The van der Waals surface area contributed by atoms with Gasteiger partial charge in [0.2, 0.25) is 15.9 Å². The first-order chi connectivity index (χ1) is 12.7. The maximum Gasteiger partial charge on any atom is 0.240 e. The molecule has 0 heterocycles. The van der Waals surface area contributed by atoms with Crippen molar-refractivity contribution < 1.29 is 13.2 Å². The van der Waals surface area contributed by atoms with Crippen LogP contribution in [0.1, 0.15) is 42.5 Å². The molecule has 0 bridgehead atoms. The Hall–Kier alpha value is -1.89. The predicted octanol–water partition coefficient (Wildman–Crippen LogP) is 3.89. The Morgan fingerprint density at radius 1 is 1.11 bits per heavy atom. The highest BCUT2D eigenvalue weighted by Crippen LogP contribution is 2.20. The molecule has 0 aromatic heterocycles. The van der Waals surface area contributed by atoms with Gasteiger partial charge in [0.25, 0.3) is 0 Å². The Morgan fingerprint density at radius 3 is 2.48 bits per heavy atom. The van der Waals surface area contributed by atoms with Crippen LogP contribution in [0.15, 0.2) is 47.4 Å². The van der Waals surface area contributed by atoms with E-state index in [1.54, 1.807) is 24.3 Å². The van der Waals surface area contributed by atoms with Gasteiger partial charge in [0.15, 0.2) is 0 Å². The van der Waals surface area contributed by atoms with Crippen LogP contribution in [0, 0.1) is 13.8 Å². The van der Waals surface area contributed by atoms with Crippen molar-refractivity contribution >= 4 is 27.5 Å². The van der Waals surface area contributed by atoms with Crippen LogP contribution < -0.4 is 10.0 Å². The smallest absolute Gasteiger partial charge is 0.240 e. The number of carbonyl (C=O) groups is 1. The van der Waals surface area contributed by atoms with Gasteiger partial charge in [0.05, 0.1) is 10.9 Å². The number of benzene rings is 2. The molecule has 0 fully saturated rings. The highest BCUT2D eigenvalue weighted by Gasteiger charge is 2.16. The first kappa shape index (κ1) is 21.4. The molecule has 1 amide bonds. The molecule has 0 radical (unpaired) electrons.